The minimum absolute atomic E-state index is 0.0659. The molecule has 10 heteroatoms. The van der Waals surface area contributed by atoms with Gasteiger partial charge in [-0.3, -0.25) is 18.6 Å². The number of phosphoric acid groups is 1. The van der Waals surface area contributed by atoms with Crippen LogP contribution in [-0.2, 0) is 27.9 Å². The third kappa shape index (κ3) is 47.6. The predicted octanol–water partition coefficient (Wildman–Crippen LogP) is 13.5. The van der Waals surface area contributed by atoms with Crippen molar-refractivity contribution in [2.45, 2.75) is 174 Å². The van der Waals surface area contributed by atoms with Crippen LogP contribution in [0.2, 0.25) is 0 Å². The molecule has 0 fully saturated rings. The summed E-state index contributed by atoms with van der Waals surface area (Å²) in [6.45, 7) is 3.27. The molecule has 0 spiro atoms. The maximum atomic E-state index is 12.1. The van der Waals surface area contributed by atoms with E-state index in [4.69, 9.17) is 13.8 Å². The fourth-order valence-electron chi connectivity index (χ4n) is 5.75. The maximum absolute atomic E-state index is 12.1. The lowest BCUT2D eigenvalue weighted by atomic mass is 10.1. The third-order valence-corrected chi connectivity index (χ3v) is 10.2. The second-order valence-corrected chi connectivity index (χ2v) is 16.4. The van der Waals surface area contributed by atoms with Crippen LogP contribution >= 0.6 is 7.82 Å². The summed E-state index contributed by atoms with van der Waals surface area (Å²) in [5.41, 5.74) is 0. The number of nitrogens with one attached hydrogen (secondary N) is 1. The zero-order valence-corrected chi connectivity index (χ0v) is 39.0. The van der Waals surface area contributed by atoms with Crippen LogP contribution in [0.3, 0.4) is 0 Å². The Labute approximate surface area is 371 Å². The topological polar surface area (TPSA) is 131 Å². The number of hydrogen-bond donors (Lipinski definition) is 3. The lowest BCUT2D eigenvalue weighted by Gasteiger charge is -2.15. The average Bonchev–Trinajstić information content (AvgIpc) is 3.25. The van der Waals surface area contributed by atoms with Crippen LogP contribution in [0, 0.1) is 0 Å². The summed E-state index contributed by atoms with van der Waals surface area (Å²) in [5.74, 6) is -0.561. The minimum atomic E-state index is -4.44. The number of carbonyl (C=O) groups is 2. The van der Waals surface area contributed by atoms with E-state index < -0.39 is 26.5 Å². The molecule has 61 heavy (non-hydrogen) atoms. The van der Waals surface area contributed by atoms with Gasteiger partial charge >= 0.3 is 13.8 Å². The molecule has 0 aromatic rings. The lowest BCUT2D eigenvalue weighted by molar-refractivity contribution is -0.147. The van der Waals surface area contributed by atoms with Gasteiger partial charge in [0.1, 0.15) is 12.7 Å². The number of carbonyl (C=O) groups excluding carboxylic acids is 2. The Hall–Kier alpha value is -3.33. The number of unbranched alkanes of at least 4 members (excludes halogenated alkanes) is 11. The van der Waals surface area contributed by atoms with Crippen LogP contribution in [0.4, 0.5) is 0 Å². The van der Waals surface area contributed by atoms with E-state index in [1.165, 1.54) is 25.7 Å². The highest BCUT2D eigenvalue weighted by Crippen LogP contribution is 2.42. The van der Waals surface area contributed by atoms with Gasteiger partial charge in [0.15, 0.2) is 0 Å². The highest BCUT2D eigenvalue weighted by atomic mass is 31.2. The fraction of sp³-hybridized carbons (Fsp3) is 0.608. The van der Waals surface area contributed by atoms with Gasteiger partial charge in [-0.15, -0.1) is 0 Å². The zero-order valence-electron chi connectivity index (χ0n) is 38.1. The van der Waals surface area contributed by atoms with Crippen LogP contribution in [-0.4, -0.2) is 54.3 Å². The van der Waals surface area contributed by atoms with Crippen LogP contribution < -0.4 is 5.32 Å². The van der Waals surface area contributed by atoms with Crippen molar-refractivity contribution < 1.29 is 37.9 Å². The molecule has 0 radical (unpaired) electrons. The van der Waals surface area contributed by atoms with Crippen molar-refractivity contribution in [3.05, 3.63) is 109 Å². The van der Waals surface area contributed by atoms with E-state index in [0.717, 1.165) is 109 Å². The van der Waals surface area contributed by atoms with Gasteiger partial charge in [0, 0.05) is 19.4 Å². The van der Waals surface area contributed by atoms with Crippen LogP contribution in [0.25, 0.3) is 0 Å². The molecule has 0 saturated heterocycles. The maximum Gasteiger partial charge on any atom is 0.472 e. The van der Waals surface area contributed by atoms with E-state index in [-0.39, 0.29) is 32.1 Å². The van der Waals surface area contributed by atoms with Crippen LogP contribution in [0.15, 0.2) is 109 Å². The number of phosphoric ester groups is 1. The average molecular weight is 870 g/mol. The van der Waals surface area contributed by atoms with Gasteiger partial charge in [-0.05, 0) is 96.3 Å². The minimum Gasteiger partial charge on any atom is -0.463 e. The molecule has 0 aromatic carbocycles. The summed E-state index contributed by atoms with van der Waals surface area (Å²) in [6.07, 6.45) is 61.6. The highest BCUT2D eigenvalue weighted by molar-refractivity contribution is 7.47. The van der Waals surface area contributed by atoms with Crippen LogP contribution in [0.5, 0.6) is 0 Å². The monoisotopic (exact) mass is 870 g/mol. The Kier molecular flexibility index (Phi) is 43.7. The Morgan fingerprint density at radius 2 is 0.885 bits per heavy atom. The number of aliphatic hydroxyl groups is 1. The molecule has 0 rings (SSSR count). The first-order valence-electron chi connectivity index (χ1n) is 23.4. The quantitative estimate of drug-likeness (QED) is 0.0239. The second kappa shape index (κ2) is 46.2. The summed E-state index contributed by atoms with van der Waals surface area (Å²) in [5, 5.41) is 12.7. The molecule has 2 unspecified atom stereocenters. The Morgan fingerprint density at radius 3 is 1.33 bits per heavy atom. The molecule has 0 saturated carbocycles. The van der Waals surface area contributed by atoms with E-state index in [1.807, 2.05) is 0 Å². The number of rotatable bonds is 42. The number of ether oxygens (including phenoxy) is 1. The van der Waals surface area contributed by atoms with Crippen molar-refractivity contribution in [3.8, 4) is 0 Å². The standard InChI is InChI=1S/C51H84NO8P/c1-3-5-7-9-11-13-15-17-19-21-22-23-24-25-26-28-30-32-34-36-38-40-42-44-51(55)58-47-49(53)48-60-61(56,57)59-46-45-52-50(54)43-41-39-37-35-33-31-29-27-20-18-16-14-12-10-8-6-4-2/h5-8,11-14,17-20,22-23,25-26,30,32,49,53H,3-4,9-10,15-16,21,24,27-29,31,33-48H2,1-2H3,(H,52,54)(H,56,57)/b7-5-,8-6-,13-11-,14-12-,19-17-,20-18-,23-22-,26-25-,32-30-. The number of aliphatic hydroxyl groups excluding tert-OH is 1. The van der Waals surface area contributed by atoms with Crippen molar-refractivity contribution >= 4 is 19.7 Å². The second-order valence-electron chi connectivity index (χ2n) is 15.0. The molecule has 0 aliphatic carbocycles. The fourth-order valence-corrected chi connectivity index (χ4v) is 6.51. The van der Waals surface area contributed by atoms with E-state index >= 15 is 0 Å². The number of esters is 1. The summed E-state index contributed by atoms with van der Waals surface area (Å²) < 4.78 is 26.9. The van der Waals surface area contributed by atoms with Crippen molar-refractivity contribution in [2.75, 3.05) is 26.4 Å². The van der Waals surface area contributed by atoms with E-state index in [9.17, 15) is 24.2 Å². The van der Waals surface area contributed by atoms with Gasteiger partial charge < -0.3 is 20.1 Å². The molecule has 0 aromatic heterocycles. The van der Waals surface area contributed by atoms with E-state index in [0.29, 0.717) is 12.8 Å². The normalized spacial score (nSPS) is 14.2. The van der Waals surface area contributed by atoms with E-state index in [1.54, 1.807) is 0 Å². The van der Waals surface area contributed by atoms with Gasteiger partial charge in [-0.2, -0.15) is 0 Å². The van der Waals surface area contributed by atoms with Crippen molar-refractivity contribution in [3.63, 3.8) is 0 Å². The molecule has 3 N–H and O–H groups in total. The van der Waals surface area contributed by atoms with E-state index in [2.05, 4.69) is 129 Å². The van der Waals surface area contributed by atoms with Gasteiger partial charge in [0.05, 0.1) is 13.2 Å². The van der Waals surface area contributed by atoms with Crippen molar-refractivity contribution in [1.29, 1.82) is 0 Å². The molecule has 346 valence electrons. The first kappa shape index (κ1) is 57.7. The SMILES string of the molecule is CC/C=C\C/C=C\C/C=C\C/C=C\C/C=C\C/C=C\CCCCCCC(=O)OCC(O)COP(=O)(O)OCCNC(=O)CCCCCCCCC/C=C\C/C=C\C/C=C\CC. The first-order chi connectivity index (χ1) is 29.8. The largest absolute Gasteiger partial charge is 0.472 e. The van der Waals surface area contributed by atoms with Crippen molar-refractivity contribution in [2.24, 2.45) is 0 Å². The smallest absolute Gasteiger partial charge is 0.463 e. The Morgan fingerprint density at radius 1 is 0.508 bits per heavy atom. The molecule has 1 amide bonds. The molecule has 9 nitrogen and oxygen atoms in total. The zero-order chi connectivity index (χ0) is 44.6. The predicted molar refractivity (Wildman–Crippen MR) is 256 cm³/mol. The lowest BCUT2D eigenvalue weighted by Crippen LogP contribution is -2.27. The summed E-state index contributed by atoms with van der Waals surface area (Å²) in [6, 6.07) is 0. The third-order valence-electron chi connectivity index (χ3n) is 9.20. The molecular formula is C51H84NO8P. The number of allylic oxidation sites excluding steroid dienone is 18. The van der Waals surface area contributed by atoms with Crippen molar-refractivity contribution in [1.82, 2.24) is 5.32 Å². The Bertz CT molecular complexity index is 1360. The molecule has 0 heterocycles. The summed E-state index contributed by atoms with van der Waals surface area (Å²) >= 11 is 0. The first-order valence-corrected chi connectivity index (χ1v) is 24.9. The molecule has 0 bridgehead atoms. The molecule has 0 aliphatic rings. The van der Waals surface area contributed by atoms with Gasteiger partial charge in [-0.1, -0.05) is 168 Å². The summed E-state index contributed by atoms with van der Waals surface area (Å²) in [4.78, 5) is 34.0. The molecular weight excluding hydrogens is 786 g/mol. The number of hydrogen-bond acceptors (Lipinski definition) is 7. The van der Waals surface area contributed by atoms with Crippen LogP contribution in [0.1, 0.15) is 168 Å². The van der Waals surface area contributed by atoms with Gasteiger partial charge in [0.25, 0.3) is 0 Å². The van der Waals surface area contributed by atoms with Gasteiger partial charge in [0.2, 0.25) is 5.91 Å². The highest BCUT2D eigenvalue weighted by Gasteiger charge is 2.23. The molecule has 0 aliphatic heterocycles. The van der Waals surface area contributed by atoms with Gasteiger partial charge in [-0.25, -0.2) is 4.57 Å². The Balaban J connectivity index is 3.69. The summed E-state index contributed by atoms with van der Waals surface area (Å²) in [7, 11) is -4.44. The number of amides is 1. The molecule has 2 atom stereocenters.